The van der Waals surface area contributed by atoms with Crippen molar-refractivity contribution in [2.45, 2.75) is 20.3 Å². The highest BCUT2D eigenvalue weighted by molar-refractivity contribution is 5.86. The van der Waals surface area contributed by atoms with Crippen molar-refractivity contribution < 1.29 is 9.59 Å². The molecule has 2 amide bonds. The Kier molecular flexibility index (Phi) is 7.95. The maximum atomic E-state index is 11.9. The number of halogens is 1. The zero-order valence-electron chi connectivity index (χ0n) is 11.4. The topological polar surface area (TPSA) is 52.7 Å². The Hall–Kier alpha value is -0.810. The lowest BCUT2D eigenvalue weighted by atomic mass is 10.1. The molecule has 0 spiro atoms. The largest absolute Gasteiger partial charge is 0.339 e. The number of likely N-dealkylation sites (N-methyl/N-ethyl adjacent to an activating group) is 1. The number of hydrogen-bond donors (Lipinski definition) is 1. The highest BCUT2D eigenvalue weighted by atomic mass is 35.5. The lowest BCUT2D eigenvalue weighted by Crippen LogP contribution is -2.50. The first-order valence-corrected chi connectivity index (χ1v) is 6.29. The van der Waals surface area contributed by atoms with Gasteiger partial charge in [-0.2, -0.15) is 0 Å². The van der Waals surface area contributed by atoms with Crippen molar-refractivity contribution >= 4 is 24.2 Å². The van der Waals surface area contributed by atoms with Gasteiger partial charge in [-0.25, -0.2) is 0 Å². The zero-order chi connectivity index (χ0) is 12.8. The van der Waals surface area contributed by atoms with E-state index in [9.17, 15) is 9.59 Å². The predicted molar refractivity (Wildman–Crippen MR) is 73.8 cm³/mol. The van der Waals surface area contributed by atoms with E-state index in [0.717, 1.165) is 32.6 Å². The minimum absolute atomic E-state index is 0. The van der Waals surface area contributed by atoms with Gasteiger partial charge in [-0.1, -0.05) is 13.8 Å². The second-order valence-electron chi connectivity index (χ2n) is 4.63. The van der Waals surface area contributed by atoms with Crippen LogP contribution in [0.5, 0.6) is 0 Å². The summed E-state index contributed by atoms with van der Waals surface area (Å²) in [6.07, 6.45) is 0.811. The highest BCUT2D eigenvalue weighted by Gasteiger charge is 2.21. The van der Waals surface area contributed by atoms with E-state index < -0.39 is 0 Å². The van der Waals surface area contributed by atoms with Gasteiger partial charge in [0.25, 0.3) is 0 Å². The third-order valence-corrected chi connectivity index (χ3v) is 3.25. The molecule has 0 radical (unpaired) electrons. The van der Waals surface area contributed by atoms with Gasteiger partial charge in [0.05, 0.1) is 6.54 Å². The Morgan fingerprint density at radius 1 is 1.33 bits per heavy atom. The van der Waals surface area contributed by atoms with Crippen LogP contribution in [0, 0.1) is 5.92 Å². The van der Waals surface area contributed by atoms with E-state index in [1.54, 1.807) is 11.9 Å². The number of carbonyl (C=O) groups is 2. The first-order chi connectivity index (χ1) is 8.06. The summed E-state index contributed by atoms with van der Waals surface area (Å²) < 4.78 is 0. The standard InChI is InChI=1S/C12H23N3O2.ClH/c1-4-10(2)12(17)14(3)9-11(16)15-7-5-13-6-8-15;/h10,13H,4-9H2,1-3H3;1H. The molecule has 1 rings (SSSR count). The van der Waals surface area contributed by atoms with Crippen LogP contribution in [0.4, 0.5) is 0 Å². The lowest BCUT2D eigenvalue weighted by Gasteiger charge is -2.29. The number of amides is 2. The molecular formula is C12H24ClN3O2. The van der Waals surface area contributed by atoms with Crippen molar-refractivity contribution in [2.24, 2.45) is 5.92 Å². The summed E-state index contributed by atoms with van der Waals surface area (Å²) in [4.78, 5) is 27.1. The third kappa shape index (κ3) is 4.82. The smallest absolute Gasteiger partial charge is 0.242 e. The fraction of sp³-hybridized carbons (Fsp3) is 0.833. The van der Waals surface area contributed by atoms with Crippen molar-refractivity contribution in [3.8, 4) is 0 Å². The maximum Gasteiger partial charge on any atom is 0.242 e. The Bertz CT molecular complexity index is 280. The second-order valence-corrected chi connectivity index (χ2v) is 4.63. The summed E-state index contributed by atoms with van der Waals surface area (Å²) in [5, 5.41) is 3.20. The van der Waals surface area contributed by atoms with Crippen molar-refractivity contribution in [1.82, 2.24) is 15.1 Å². The second kappa shape index (κ2) is 8.32. The Labute approximate surface area is 115 Å². The van der Waals surface area contributed by atoms with Crippen LogP contribution in [0.2, 0.25) is 0 Å². The molecule has 6 heteroatoms. The fourth-order valence-electron chi connectivity index (χ4n) is 1.85. The number of nitrogens with zero attached hydrogens (tertiary/aromatic N) is 2. The van der Waals surface area contributed by atoms with Crippen LogP contribution in [0.15, 0.2) is 0 Å². The van der Waals surface area contributed by atoms with E-state index >= 15 is 0 Å². The summed E-state index contributed by atoms with van der Waals surface area (Å²) in [6.45, 7) is 7.24. The summed E-state index contributed by atoms with van der Waals surface area (Å²) in [5.41, 5.74) is 0. The van der Waals surface area contributed by atoms with Crippen LogP contribution in [0.1, 0.15) is 20.3 Å². The average Bonchev–Trinajstić information content (AvgIpc) is 2.37. The van der Waals surface area contributed by atoms with Gasteiger partial charge < -0.3 is 15.1 Å². The van der Waals surface area contributed by atoms with E-state index in [-0.39, 0.29) is 36.7 Å². The van der Waals surface area contributed by atoms with Gasteiger partial charge >= 0.3 is 0 Å². The Morgan fingerprint density at radius 2 is 1.89 bits per heavy atom. The molecule has 0 aliphatic carbocycles. The molecule has 0 aromatic carbocycles. The minimum Gasteiger partial charge on any atom is -0.339 e. The van der Waals surface area contributed by atoms with Crippen LogP contribution < -0.4 is 5.32 Å². The van der Waals surface area contributed by atoms with Gasteiger partial charge in [-0.15, -0.1) is 12.4 Å². The van der Waals surface area contributed by atoms with Crippen LogP contribution in [-0.4, -0.2) is 61.4 Å². The van der Waals surface area contributed by atoms with Crippen molar-refractivity contribution in [3.63, 3.8) is 0 Å². The number of carbonyl (C=O) groups excluding carboxylic acids is 2. The molecule has 0 aromatic heterocycles. The van der Waals surface area contributed by atoms with Crippen LogP contribution >= 0.6 is 12.4 Å². The summed E-state index contributed by atoms with van der Waals surface area (Å²) >= 11 is 0. The van der Waals surface area contributed by atoms with E-state index in [1.165, 1.54) is 0 Å². The third-order valence-electron chi connectivity index (χ3n) is 3.25. The molecule has 0 saturated carbocycles. The molecule has 1 atom stereocenters. The minimum atomic E-state index is -0.00387. The molecule has 1 saturated heterocycles. The molecule has 1 fully saturated rings. The first-order valence-electron chi connectivity index (χ1n) is 6.29. The van der Waals surface area contributed by atoms with Gasteiger partial charge in [0.15, 0.2) is 0 Å². The van der Waals surface area contributed by atoms with E-state index in [0.29, 0.717) is 0 Å². The molecule has 1 N–H and O–H groups in total. The summed E-state index contributed by atoms with van der Waals surface area (Å²) in [7, 11) is 1.70. The zero-order valence-corrected chi connectivity index (χ0v) is 12.3. The predicted octanol–water partition coefficient (Wildman–Crippen LogP) is 0.345. The van der Waals surface area contributed by atoms with Gasteiger partial charge in [0, 0.05) is 39.1 Å². The molecule has 1 unspecified atom stereocenters. The molecule has 1 aliphatic heterocycles. The van der Waals surface area contributed by atoms with Crippen LogP contribution in [0.25, 0.3) is 0 Å². The molecule has 5 nitrogen and oxygen atoms in total. The highest BCUT2D eigenvalue weighted by Crippen LogP contribution is 2.05. The molecule has 1 heterocycles. The summed E-state index contributed by atoms with van der Waals surface area (Å²) in [5.74, 6) is 0.0949. The molecule has 106 valence electrons. The van der Waals surface area contributed by atoms with Gasteiger partial charge in [0.1, 0.15) is 0 Å². The molecule has 18 heavy (non-hydrogen) atoms. The van der Waals surface area contributed by atoms with Gasteiger partial charge in [-0.05, 0) is 6.42 Å². The molecule has 0 bridgehead atoms. The van der Waals surface area contributed by atoms with Gasteiger partial charge in [-0.3, -0.25) is 9.59 Å². The first kappa shape index (κ1) is 17.2. The Morgan fingerprint density at radius 3 is 2.39 bits per heavy atom. The van der Waals surface area contributed by atoms with Crippen molar-refractivity contribution in [1.29, 1.82) is 0 Å². The summed E-state index contributed by atoms with van der Waals surface area (Å²) in [6, 6.07) is 0. The van der Waals surface area contributed by atoms with Crippen molar-refractivity contribution in [3.05, 3.63) is 0 Å². The number of hydrogen-bond acceptors (Lipinski definition) is 3. The SMILES string of the molecule is CCC(C)C(=O)N(C)CC(=O)N1CCNCC1.Cl. The van der Waals surface area contributed by atoms with Crippen LogP contribution in [0.3, 0.4) is 0 Å². The van der Waals surface area contributed by atoms with E-state index in [4.69, 9.17) is 0 Å². The monoisotopic (exact) mass is 277 g/mol. The van der Waals surface area contributed by atoms with E-state index in [2.05, 4.69) is 5.32 Å². The van der Waals surface area contributed by atoms with E-state index in [1.807, 2.05) is 18.7 Å². The quantitative estimate of drug-likeness (QED) is 0.807. The molecular weight excluding hydrogens is 254 g/mol. The number of rotatable bonds is 4. The maximum absolute atomic E-state index is 11.9. The Balaban J connectivity index is 0.00000289. The van der Waals surface area contributed by atoms with Crippen molar-refractivity contribution in [2.75, 3.05) is 39.8 Å². The number of nitrogens with one attached hydrogen (secondary N) is 1. The van der Waals surface area contributed by atoms with Gasteiger partial charge in [0.2, 0.25) is 11.8 Å². The lowest BCUT2D eigenvalue weighted by molar-refractivity contribution is -0.141. The normalized spacial score (nSPS) is 16.7. The molecule has 0 aromatic rings. The average molecular weight is 278 g/mol. The fourth-order valence-corrected chi connectivity index (χ4v) is 1.85. The van der Waals surface area contributed by atoms with Crippen LogP contribution in [-0.2, 0) is 9.59 Å². The number of piperazine rings is 1. The molecule has 1 aliphatic rings.